The van der Waals surface area contributed by atoms with Gasteiger partial charge in [-0.15, -0.1) is 0 Å². The van der Waals surface area contributed by atoms with Crippen molar-refractivity contribution in [3.05, 3.63) is 60.5 Å². The molecule has 0 saturated carbocycles. The number of nitrogens with zero attached hydrogens (tertiary/aromatic N) is 2. The number of benzene rings is 2. The summed E-state index contributed by atoms with van der Waals surface area (Å²) in [5.41, 5.74) is 1.83. The van der Waals surface area contributed by atoms with Gasteiger partial charge < -0.3 is 10.2 Å². The first kappa shape index (κ1) is 17.6. The highest BCUT2D eigenvalue weighted by atomic mass is 32.2. The third-order valence-corrected chi connectivity index (χ3v) is 7.55. The molecule has 5 rings (SSSR count). The van der Waals surface area contributed by atoms with E-state index in [0.29, 0.717) is 12.0 Å². The monoisotopic (exact) mass is 397 g/mol. The number of hydrogen-bond donors (Lipinski definition) is 1. The van der Waals surface area contributed by atoms with Gasteiger partial charge >= 0.3 is 0 Å². The SMILES string of the molecule is O=S(=O)(c1cccc(F)c1)c1cnc2ccc(N3CC[C@H]4CNC[C@H]43)cc2c1. The third-order valence-electron chi connectivity index (χ3n) is 5.83. The fourth-order valence-electron chi connectivity index (χ4n) is 4.36. The van der Waals surface area contributed by atoms with Gasteiger partial charge in [-0.25, -0.2) is 12.8 Å². The van der Waals surface area contributed by atoms with E-state index in [1.165, 1.54) is 30.8 Å². The summed E-state index contributed by atoms with van der Waals surface area (Å²) in [5.74, 6) is 0.0966. The van der Waals surface area contributed by atoms with Gasteiger partial charge in [-0.2, -0.15) is 0 Å². The van der Waals surface area contributed by atoms with Crippen LogP contribution in [0, 0.1) is 11.7 Å². The molecule has 0 aliphatic carbocycles. The largest absolute Gasteiger partial charge is 0.367 e. The van der Waals surface area contributed by atoms with Crippen LogP contribution in [0.25, 0.3) is 10.9 Å². The molecule has 5 nitrogen and oxygen atoms in total. The number of aromatic nitrogens is 1. The van der Waals surface area contributed by atoms with Gasteiger partial charge in [0.1, 0.15) is 5.82 Å². The summed E-state index contributed by atoms with van der Waals surface area (Å²) in [6.45, 7) is 3.05. The maximum atomic E-state index is 13.5. The van der Waals surface area contributed by atoms with Crippen LogP contribution in [0.2, 0.25) is 0 Å². The zero-order chi connectivity index (χ0) is 19.3. The lowest BCUT2D eigenvalue weighted by atomic mass is 10.0. The van der Waals surface area contributed by atoms with Gasteiger partial charge in [0, 0.05) is 42.9 Å². The van der Waals surface area contributed by atoms with E-state index in [-0.39, 0.29) is 9.79 Å². The first-order valence-corrected chi connectivity index (χ1v) is 10.9. The van der Waals surface area contributed by atoms with Gasteiger partial charge in [0.15, 0.2) is 0 Å². The Bertz CT molecular complexity index is 1170. The highest BCUT2D eigenvalue weighted by molar-refractivity contribution is 7.91. The zero-order valence-corrected chi connectivity index (χ0v) is 16.0. The number of nitrogens with one attached hydrogen (secondary N) is 1. The van der Waals surface area contributed by atoms with E-state index >= 15 is 0 Å². The van der Waals surface area contributed by atoms with Crippen LogP contribution in [-0.4, -0.2) is 39.1 Å². The second kappa shape index (κ2) is 6.53. The second-order valence-corrected chi connectivity index (χ2v) is 9.43. The smallest absolute Gasteiger partial charge is 0.208 e. The Kier molecular flexibility index (Phi) is 4.10. The Labute approximate surface area is 163 Å². The molecule has 2 aliphatic rings. The summed E-state index contributed by atoms with van der Waals surface area (Å²) in [6, 6.07) is 13.2. The number of hydrogen-bond acceptors (Lipinski definition) is 5. The lowest BCUT2D eigenvalue weighted by molar-refractivity contribution is 0.579. The Morgan fingerprint density at radius 2 is 1.96 bits per heavy atom. The number of anilines is 1. The molecule has 0 spiro atoms. The van der Waals surface area contributed by atoms with Crippen LogP contribution in [-0.2, 0) is 9.84 Å². The van der Waals surface area contributed by atoms with E-state index in [4.69, 9.17) is 0 Å². The molecule has 2 saturated heterocycles. The lowest BCUT2D eigenvalue weighted by Gasteiger charge is -2.26. The quantitative estimate of drug-likeness (QED) is 0.736. The molecular weight excluding hydrogens is 377 g/mol. The fraction of sp³-hybridized carbons (Fsp3) is 0.286. The van der Waals surface area contributed by atoms with Crippen LogP contribution in [0.4, 0.5) is 10.1 Å². The molecule has 144 valence electrons. The first-order chi connectivity index (χ1) is 13.5. The van der Waals surface area contributed by atoms with Crippen molar-refractivity contribution in [3.63, 3.8) is 0 Å². The minimum atomic E-state index is -3.83. The van der Waals surface area contributed by atoms with Gasteiger partial charge in [0.2, 0.25) is 9.84 Å². The maximum absolute atomic E-state index is 13.5. The van der Waals surface area contributed by atoms with Crippen LogP contribution in [0.3, 0.4) is 0 Å². The van der Waals surface area contributed by atoms with Crippen molar-refractivity contribution >= 4 is 26.4 Å². The summed E-state index contributed by atoms with van der Waals surface area (Å²) >= 11 is 0. The number of pyridine rings is 1. The predicted molar refractivity (Wildman–Crippen MR) is 106 cm³/mol. The molecule has 2 fully saturated rings. The highest BCUT2D eigenvalue weighted by Crippen LogP contribution is 2.34. The predicted octanol–water partition coefficient (Wildman–Crippen LogP) is 3.00. The van der Waals surface area contributed by atoms with Crippen molar-refractivity contribution in [1.29, 1.82) is 0 Å². The Morgan fingerprint density at radius 1 is 1.07 bits per heavy atom. The molecule has 3 heterocycles. The van der Waals surface area contributed by atoms with Gasteiger partial charge in [-0.05, 0) is 54.8 Å². The number of rotatable bonds is 3. The van der Waals surface area contributed by atoms with Crippen LogP contribution in [0.15, 0.2) is 64.5 Å². The van der Waals surface area contributed by atoms with E-state index in [1.807, 2.05) is 12.1 Å². The van der Waals surface area contributed by atoms with Crippen molar-refractivity contribution in [2.75, 3.05) is 24.5 Å². The molecule has 1 N–H and O–H groups in total. The van der Waals surface area contributed by atoms with E-state index < -0.39 is 15.7 Å². The van der Waals surface area contributed by atoms with Gasteiger partial charge in [0.25, 0.3) is 0 Å². The van der Waals surface area contributed by atoms with Crippen molar-refractivity contribution in [2.45, 2.75) is 22.3 Å². The molecule has 7 heteroatoms. The van der Waals surface area contributed by atoms with E-state index in [1.54, 1.807) is 6.07 Å². The van der Waals surface area contributed by atoms with Gasteiger partial charge in [-0.3, -0.25) is 4.98 Å². The topological polar surface area (TPSA) is 62.3 Å². The molecular formula is C21H20FN3O2S. The van der Waals surface area contributed by atoms with Crippen LogP contribution < -0.4 is 10.2 Å². The van der Waals surface area contributed by atoms with Crippen molar-refractivity contribution in [1.82, 2.24) is 10.3 Å². The fourth-order valence-corrected chi connectivity index (χ4v) is 5.64. The average Bonchev–Trinajstić information content (AvgIpc) is 3.31. The average molecular weight is 397 g/mol. The molecule has 2 aliphatic heterocycles. The second-order valence-electron chi connectivity index (χ2n) is 7.48. The van der Waals surface area contributed by atoms with Crippen molar-refractivity contribution in [2.24, 2.45) is 5.92 Å². The van der Waals surface area contributed by atoms with Crippen LogP contribution in [0.1, 0.15) is 6.42 Å². The molecule has 28 heavy (non-hydrogen) atoms. The third kappa shape index (κ3) is 2.86. The van der Waals surface area contributed by atoms with Crippen molar-refractivity contribution in [3.8, 4) is 0 Å². The molecule has 0 unspecified atom stereocenters. The number of fused-ring (bicyclic) bond motifs is 2. The van der Waals surface area contributed by atoms with Gasteiger partial charge in [-0.1, -0.05) is 6.07 Å². The van der Waals surface area contributed by atoms with Crippen molar-refractivity contribution < 1.29 is 12.8 Å². The zero-order valence-electron chi connectivity index (χ0n) is 15.2. The summed E-state index contributed by atoms with van der Waals surface area (Å²) in [4.78, 5) is 6.73. The first-order valence-electron chi connectivity index (χ1n) is 9.40. The van der Waals surface area contributed by atoms with E-state index in [0.717, 1.165) is 42.3 Å². The standard InChI is InChI=1S/C21H20FN3O2S/c22-16-2-1-3-18(10-16)28(26,27)19-9-15-8-17(4-5-20(15)24-12-19)25-7-6-14-11-23-13-21(14)25/h1-5,8-10,12,14,21,23H,6-7,11,13H2/t14-,21+/m0/s1. The summed E-state index contributed by atoms with van der Waals surface area (Å²) < 4.78 is 39.3. The van der Waals surface area contributed by atoms with E-state index in [2.05, 4.69) is 21.3 Å². The number of sulfone groups is 1. The highest BCUT2D eigenvalue weighted by Gasteiger charge is 2.37. The van der Waals surface area contributed by atoms with Gasteiger partial charge in [0.05, 0.1) is 15.3 Å². The Balaban J connectivity index is 1.55. The Morgan fingerprint density at radius 3 is 2.82 bits per heavy atom. The normalized spacial score (nSPS) is 22.0. The molecule has 0 amide bonds. The lowest BCUT2D eigenvalue weighted by Crippen LogP contribution is -2.33. The summed E-state index contributed by atoms with van der Waals surface area (Å²) in [7, 11) is -3.83. The van der Waals surface area contributed by atoms with Crippen LogP contribution in [0.5, 0.6) is 0 Å². The molecule has 3 aromatic rings. The molecule has 0 bridgehead atoms. The Hall–Kier alpha value is -2.51. The maximum Gasteiger partial charge on any atom is 0.208 e. The molecule has 1 aromatic heterocycles. The minimum Gasteiger partial charge on any atom is -0.367 e. The van der Waals surface area contributed by atoms with E-state index in [9.17, 15) is 12.8 Å². The number of halogens is 1. The van der Waals surface area contributed by atoms with Crippen LogP contribution >= 0.6 is 0 Å². The summed E-state index contributed by atoms with van der Waals surface area (Å²) in [5, 5.41) is 4.22. The minimum absolute atomic E-state index is 0.0655. The molecule has 0 radical (unpaired) electrons. The summed E-state index contributed by atoms with van der Waals surface area (Å²) in [6.07, 6.45) is 2.51. The molecule has 2 aromatic carbocycles. The molecule has 2 atom stereocenters.